The Labute approximate surface area is 151 Å². The first-order chi connectivity index (χ1) is 12.6. The van der Waals surface area contributed by atoms with Crippen LogP contribution in [0, 0.1) is 11.8 Å². The van der Waals surface area contributed by atoms with Gasteiger partial charge in [0, 0.05) is 0 Å². The first-order valence-corrected chi connectivity index (χ1v) is 9.05. The first-order valence-electron chi connectivity index (χ1n) is 9.05. The van der Waals surface area contributed by atoms with Crippen molar-refractivity contribution in [3.8, 4) is 0 Å². The molecule has 3 saturated heterocycles. The third-order valence-corrected chi connectivity index (χ3v) is 5.56. The van der Waals surface area contributed by atoms with Crippen molar-refractivity contribution < 1.29 is 23.9 Å². The molecule has 5 atom stereocenters. The van der Waals surface area contributed by atoms with Gasteiger partial charge >= 0.3 is 6.09 Å². The van der Waals surface area contributed by atoms with E-state index in [4.69, 9.17) is 9.47 Å². The van der Waals surface area contributed by atoms with Gasteiger partial charge in [0.25, 0.3) is 0 Å². The molecule has 3 heterocycles. The predicted octanol–water partition coefficient (Wildman–Crippen LogP) is 1.64. The van der Waals surface area contributed by atoms with Crippen molar-refractivity contribution in [1.82, 2.24) is 10.2 Å². The summed E-state index contributed by atoms with van der Waals surface area (Å²) in [5.41, 5.74) is 0.970. The average molecular weight is 358 g/mol. The fourth-order valence-corrected chi connectivity index (χ4v) is 4.27. The summed E-state index contributed by atoms with van der Waals surface area (Å²) in [6.07, 6.45) is 0.873. The van der Waals surface area contributed by atoms with E-state index in [0.717, 1.165) is 18.4 Å². The van der Waals surface area contributed by atoms with Crippen molar-refractivity contribution in [2.45, 2.75) is 38.0 Å². The molecule has 3 aliphatic heterocycles. The zero-order valence-corrected chi connectivity index (χ0v) is 14.6. The maximum Gasteiger partial charge on any atom is 0.407 e. The van der Waals surface area contributed by atoms with Gasteiger partial charge in [0.05, 0.1) is 36.6 Å². The second-order valence-corrected chi connectivity index (χ2v) is 7.08. The van der Waals surface area contributed by atoms with Crippen LogP contribution in [0.5, 0.6) is 0 Å². The van der Waals surface area contributed by atoms with Gasteiger partial charge in [-0.2, -0.15) is 0 Å². The Hall–Kier alpha value is -2.41. The molecule has 0 aromatic heterocycles. The standard InChI is InChI=1S/C19H22N2O5/c1-11(12-5-3-2-4-6-12)20-19(24)25-10-9-21-17(22)15-13-7-8-14(26-13)16(15)18(21)23/h2-6,11,13-16H,7-10H2,1H3,(H,20,24)/t11-,13?,14?,15?,16?/m0/s1. The SMILES string of the molecule is C[C@H](NC(=O)OCCN1C(=O)C2C3CCC(O3)C2C1=O)c1ccccc1. The molecular formula is C19H22N2O5. The molecule has 4 unspecified atom stereocenters. The molecule has 3 aliphatic rings. The van der Waals surface area contributed by atoms with E-state index < -0.39 is 6.09 Å². The molecule has 0 aliphatic carbocycles. The topological polar surface area (TPSA) is 84.9 Å². The number of amides is 3. The van der Waals surface area contributed by atoms with E-state index in [2.05, 4.69) is 5.32 Å². The van der Waals surface area contributed by atoms with Gasteiger partial charge in [-0.1, -0.05) is 30.3 Å². The molecule has 0 spiro atoms. The Bertz CT molecular complexity index is 694. The van der Waals surface area contributed by atoms with E-state index in [1.165, 1.54) is 4.90 Å². The van der Waals surface area contributed by atoms with E-state index in [1.54, 1.807) is 0 Å². The van der Waals surface area contributed by atoms with Gasteiger partial charge in [-0.25, -0.2) is 4.79 Å². The van der Waals surface area contributed by atoms with E-state index in [-0.39, 0.29) is 55.1 Å². The number of hydrogen-bond donors (Lipinski definition) is 1. The van der Waals surface area contributed by atoms with E-state index >= 15 is 0 Å². The van der Waals surface area contributed by atoms with E-state index in [0.29, 0.717) is 0 Å². The minimum atomic E-state index is -0.566. The van der Waals surface area contributed by atoms with Gasteiger partial charge in [0.1, 0.15) is 6.61 Å². The smallest absolute Gasteiger partial charge is 0.407 e. The molecule has 1 aromatic carbocycles. The minimum Gasteiger partial charge on any atom is -0.448 e. The molecule has 0 radical (unpaired) electrons. The average Bonchev–Trinajstić information content (AvgIpc) is 3.32. The predicted molar refractivity (Wildman–Crippen MR) is 90.9 cm³/mol. The summed E-state index contributed by atoms with van der Waals surface area (Å²) in [6.45, 7) is 1.94. The number of rotatable bonds is 5. The summed E-state index contributed by atoms with van der Waals surface area (Å²) in [5, 5.41) is 2.74. The van der Waals surface area contributed by atoms with Crippen LogP contribution >= 0.6 is 0 Å². The fourth-order valence-electron chi connectivity index (χ4n) is 4.27. The monoisotopic (exact) mass is 358 g/mol. The molecule has 3 amide bonds. The zero-order chi connectivity index (χ0) is 18.3. The van der Waals surface area contributed by atoms with Gasteiger partial charge in [0.2, 0.25) is 11.8 Å². The van der Waals surface area contributed by atoms with E-state index in [1.807, 2.05) is 37.3 Å². The lowest BCUT2D eigenvalue weighted by molar-refractivity contribution is -0.143. The summed E-state index contributed by atoms with van der Waals surface area (Å²) >= 11 is 0. The highest BCUT2D eigenvalue weighted by atomic mass is 16.5. The number of ether oxygens (including phenoxy) is 2. The molecule has 0 saturated carbocycles. The van der Waals surface area contributed by atoms with Crippen molar-refractivity contribution in [2.75, 3.05) is 13.2 Å². The Morgan fingerprint density at radius 3 is 2.42 bits per heavy atom. The maximum atomic E-state index is 12.5. The molecule has 7 heteroatoms. The number of likely N-dealkylation sites (tertiary alicyclic amines) is 1. The van der Waals surface area contributed by atoms with Crippen LogP contribution in [0.3, 0.4) is 0 Å². The molecular weight excluding hydrogens is 336 g/mol. The fraction of sp³-hybridized carbons (Fsp3) is 0.526. The van der Waals surface area contributed by atoms with Gasteiger partial charge in [0.15, 0.2) is 0 Å². The van der Waals surface area contributed by atoms with Crippen molar-refractivity contribution in [3.63, 3.8) is 0 Å². The third kappa shape index (κ3) is 2.86. The summed E-state index contributed by atoms with van der Waals surface area (Å²) in [5.74, 6) is -1.05. The van der Waals surface area contributed by atoms with Crippen LogP contribution in [0.25, 0.3) is 0 Å². The van der Waals surface area contributed by atoms with Crippen LogP contribution in [-0.4, -0.2) is 48.2 Å². The number of carbonyl (C=O) groups excluding carboxylic acids is 3. The summed E-state index contributed by atoms with van der Waals surface area (Å²) in [7, 11) is 0. The Morgan fingerprint density at radius 2 is 1.81 bits per heavy atom. The number of benzene rings is 1. The highest BCUT2D eigenvalue weighted by Crippen LogP contribution is 2.48. The van der Waals surface area contributed by atoms with Gasteiger partial charge in [-0.05, 0) is 25.3 Å². The summed E-state index contributed by atoms with van der Waals surface area (Å²) < 4.78 is 10.9. The molecule has 7 nitrogen and oxygen atoms in total. The van der Waals surface area contributed by atoms with E-state index in [9.17, 15) is 14.4 Å². The number of carbonyl (C=O) groups is 3. The zero-order valence-electron chi connectivity index (χ0n) is 14.6. The van der Waals surface area contributed by atoms with Gasteiger partial charge in [-0.15, -0.1) is 0 Å². The van der Waals surface area contributed by atoms with Crippen LogP contribution in [0.1, 0.15) is 31.4 Å². The number of nitrogens with zero attached hydrogens (tertiary/aromatic N) is 1. The van der Waals surface area contributed by atoms with Crippen molar-refractivity contribution in [3.05, 3.63) is 35.9 Å². The molecule has 1 N–H and O–H groups in total. The molecule has 26 heavy (non-hydrogen) atoms. The van der Waals surface area contributed by atoms with Crippen molar-refractivity contribution >= 4 is 17.9 Å². The molecule has 1 aromatic rings. The number of hydrogen-bond acceptors (Lipinski definition) is 5. The number of alkyl carbamates (subject to hydrolysis) is 1. The van der Waals surface area contributed by atoms with Crippen LogP contribution in [0.15, 0.2) is 30.3 Å². The highest BCUT2D eigenvalue weighted by molar-refractivity contribution is 6.06. The lowest BCUT2D eigenvalue weighted by atomic mass is 9.81. The highest BCUT2D eigenvalue weighted by Gasteiger charge is 2.62. The Balaban J connectivity index is 1.27. The molecule has 2 bridgehead atoms. The number of nitrogens with one attached hydrogen (secondary N) is 1. The first kappa shape index (κ1) is 17.0. The second kappa shape index (κ2) is 6.72. The quantitative estimate of drug-likeness (QED) is 0.809. The Morgan fingerprint density at radius 1 is 1.19 bits per heavy atom. The molecule has 4 rings (SSSR count). The minimum absolute atomic E-state index is 0.0134. The second-order valence-electron chi connectivity index (χ2n) is 7.08. The van der Waals surface area contributed by atoms with Crippen LogP contribution in [0.2, 0.25) is 0 Å². The van der Waals surface area contributed by atoms with Crippen LogP contribution in [-0.2, 0) is 19.1 Å². The normalized spacial score (nSPS) is 30.4. The van der Waals surface area contributed by atoms with Crippen LogP contribution < -0.4 is 5.32 Å². The van der Waals surface area contributed by atoms with Crippen LogP contribution in [0.4, 0.5) is 4.79 Å². The molecule has 138 valence electrons. The van der Waals surface area contributed by atoms with Crippen molar-refractivity contribution in [1.29, 1.82) is 0 Å². The lowest BCUT2D eigenvalue weighted by Gasteiger charge is -2.18. The number of fused-ring (bicyclic) bond motifs is 5. The third-order valence-electron chi connectivity index (χ3n) is 5.56. The van der Waals surface area contributed by atoms with Crippen molar-refractivity contribution in [2.24, 2.45) is 11.8 Å². The number of imide groups is 1. The molecule has 3 fully saturated rings. The largest absolute Gasteiger partial charge is 0.448 e. The van der Waals surface area contributed by atoms with Gasteiger partial charge < -0.3 is 14.8 Å². The maximum absolute atomic E-state index is 12.5. The lowest BCUT2D eigenvalue weighted by Crippen LogP contribution is -2.38. The summed E-state index contributed by atoms with van der Waals surface area (Å²) in [4.78, 5) is 38.2. The van der Waals surface area contributed by atoms with Gasteiger partial charge in [-0.3, -0.25) is 14.5 Å². The summed E-state index contributed by atoms with van der Waals surface area (Å²) in [6, 6.07) is 9.36. The Kier molecular flexibility index (Phi) is 4.40.